The van der Waals surface area contributed by atoms with Crippen molar-refractivity contribution in [3.8, 4) is 0 Å². The molecular weight excluding hydrogens is 222 g/mol. The van der Waals surface area contributed by atoms with E-state index >= 15 is 0 Å². The monoisotopic (exact) mass is 243 g/mol. The molecule has 1 aromatic rings. The molecule has 2 nitrogen and oxygen atoms in total. The SMILES string of the molecule is O[C@@H]1CCC2=C(CCCN2Cc2ccccc2)C1. The van der Waals surface area contributed by atoms with Crippen LogP contribution in [0.1, 0.15) is 37.7 Å². The van der Waals surface area contributed by atoms with Gasteiger partial charge in [-0.3, -0.25) is 0 Å². The third-order valence-corrected chi connectivity index (χ3v) is 4.11. The van der Waals surface area contributed by atoms with Crippen LogP contribution in [0.4, 0.5) is 0 Å². The molecule has 1 atom stereocenters. The summed E-state index contributed by atoms with van der Waals surface area (Å²) in [6.45, 7) is 2.19. The first-order chi connectivity index (χ1) is 8.83. The van der Waals surface area contributed by atoms with Crippen molar-refractivity contribution in [1.29, 1.82) is 0 Å². The zero-order valence-electron chi connectivity index (χ0n) is 10.8. The van der Waals surface area contributed by atoms with Crippen molar-refractivity contribution >= 4 is 0 Å². The van der Waals surface area contributed by atoms with E-state index in [2.05, 4.69) is 35.2 Å². The number of nitrogens with zero attached hydrogens (tertiary/aromatic N) is 1. The summed E-state index contributed by atoms with van der Waals surface area (Å²) in [5, 5.41) is 9.77. The van der Waals surface area contributed by atoms with E-state index < -0.39 is 0 Å². The highest BCUT2D eigenvalue weighted by atomic mass is 16.3. The number of aliphatic hydroxyl groups is 1. The molecule has 1 aliphatic carbocycles. The van der Waals surface area contributed by atoms with E-state index in [1.54, 1.807) is 0 Å². The van der Waals surface area contributed by atoms with Gasteiger partial charge in [0.05, 0.1) is 6.10 Å². The molecule has 0 unspecified atom stereocenters. The van der Waals surface area contributed by atoms with E-state index in [-0.39, 0.29) is 6.10 Å². The fourth-order valence-electron chi connectivity index (χ4n) is 3.21. The molecule has 0 saturated carbocycles. The normalized spacial score (nSPS) is 24.1. The van der Waals surface area contributed by atoms with Crippen LogP contribution in [0.3, 0.4) is 0 Å². The Kier molecular flexibility index (Phi) is 3.37. The lowest BCUT2D eigenvalue weighted by Crippen LogP contribution is -2.32. The Bertz CT molecular complexity index is 438. The highest BCUT2D eigenvalue weighted by Gasteiger charge is 2.25. The standard InChI is InChI=1S/C16H21NO/c18-15-8-9-16-14(11-15)7-4-10-17(16)12-13-5-2-1-3-6-13/h1-3,5-6,15,18H,4,7-12H2/t15-/m1/s1. The highest BCUT2D eigenvalue weighted by Crippen LogP contribution is 2.34. The zero-order chi connectivity index (χ0) is 12.4. The minimum Gasteiger partial charge on any atom is -0.393 e. The first-order valence-electron chi connectivity index (χ1n) is 7.01. The maximum atomic E-state index is 9.77. The van der Waals surface area contributed by atoms with Crippen molar-refractivity contribution in [3.63, 3.8) is 0 Å². The molecule has 1 N–H and O–H groups in total. The van der Waals surface area contributed by atoms with Crippen molar-refractivity contribution in [1.82, 2.24) is 4.90 Å². The number of rotatable bonds is 2. The molecule has 0 aromatic heterocycles. The van der Waals surface area contributed by atoms with Crippen molar-refractivity contribution in [3.05, 3.63) is 47.2 Å². The van der Waals surface area contributed by atoms with Gasteiger partial charge in [0, 0.05) is 18.8 Å². The Morgan fingerprint density at radius 3 is 2.83 bits per heavy atom. The van der Waals surface area contributed by atoms with Gasteiger partial charge >= 0.3 is 0 Å². The van der Waals surface area contributed by atoms with Crippen LogP contribution < -0.4 is 0 Å². The molecule has 0 fully saturated rings. The molecule has 2 heteroatoms. The lowest BCUT2D eigenvalue weighted by atomic mass is 9.87. The summed E-state index contributed by atoms with van der Waals surface area (Å²) in [5.74, 6) is 0. The maximum absolute atomic E-state index is 9.77. The Morgan fingerprint density at radius 2 is 2.00 bits per heavy atom. The second kappa shape index (κ2) is 5.15. The molecular formula is C16H21NO. The van der Waals surface area contributed by atoms with Gasteiger partial charge in [0.15, 0.2) is 0 Å². The van der Waals surface area contributed by atoms with Crippen molar-refractivity contribution in [2.45, 2.75) is 44.8 Å². The van der Waals surface area contributed by atoms with Crippen LogP contribution in [0.5, 0.6) is 0 Å². The average Bonchev–Trinajstić information content (AvgIpc) is 2.40. The molecule has 1 aromatic carbocycles. The molecule has 96 valence electrons. The van der Waals surface area contributed by atoms with Crippen molar-refractivity contribution < 1.29 is 5.11 Å². The second-order valence-corrected chi connectivity index (χ2v) is 5.46. The van der Waals surface area contributed by atoms with Crippen LogP contribution in [-0.4, -0.2) is 22.7 Å². The number of hydrogen-bond donors (Lipinski definition) is 1. The predicted octanol–water partition coefficient (Wildman–Crippen LogP) is 3.08. The Morgan fingerprint density at radius 1 is 1.17 bits per heavy atom. The Balaban J connectivity index is 1.78. The van der Waals surface area contributed by atoms with Gasteiger partial charge in [0.2, 0.25) is 0 Å². The van der Waals surface area contributed by atoms with Crippen LogP contribution >= 0.6 is 0 Å². The Hall–Kier alpha value is -1.28. The fraction of sp³-hybridized carbons (Fsp3) is 0.500. The van der Waals surface area contributed by atoms with Gasteiger partial charge in [-0.15, -0.1) is 0 Å². The topological polar surface area (TPSA) is 23.5 Å². The lowest BCUT2D eigenvalue weighted by Gasteiger charge is -2.37. The summed E-state index contributed by atoms with van der Waals surface area (Å²) >= 11 is 0. The number of aliphatic hydroxyl groups excluding tert-OH is 1. The zero-order valence-corrected chi connectivity index (χ0v) is 10.8. The molecule has 1 aliphatic heterocycles. The van der Waals surface area contributed by atoms with E-state index in [0.29, 0.717) is 0 Å². The molecule has 0 bridgehead atoms. The van der Waals surface area contributed by atoms with Crippen LogP contribution in [0.2, 0.25) is 0 Å². The minimum atomic E-state index is -0.0968. The van der Waals surface area contributed by atoms with Gasteiger partial charge in [0.25, 0.3) is 0 Å². The van der Waals surface area contributed by atoms with Crippen LogP contribution in [0, 0.1) is 0 Å². The summed E-state index contributed by atoms with van der Waals surface area (Å²) in [6.07, 6.45) is 5.23. The number of allylic oxidation sites excluding steroid dienone is 1. The largest absolute Gasteiger partial charge is 0.393 e. The Labute approximate surface area is 109 Å². The molecule has 0 radical (unpaired) electrons. The van der Waals surface area contributed by atoms with Crippen LogP contribution in [-0.2, 0) is 6.54 Å². The molecule has 18 heavy (non-hydrogen) atoms. The van der Waals surface area contributed by atoms with Gasteiger partial charge in [-0.2, -0.15) is 0 Å². The summed E-state index contributed by atoms with van der Waals surface area (Å²) in [5.41, 5.74) is 4.42. The van der Waals surface area contributed by atoms with Crippen molar-refractivity contribution in [2.24, 2.45) is 0 Å². The van der Waals surface area contributed by atoms with Crippen LogP contribution in [0.15, 0.2) is 41.6 Å². The van der Waals surface area contributed by atoms with E-state index in [9.17, 15) is 5.11 Å². The molecule has 1 heterocycles. The van der Waals surface area contributed by atoms with Crippen LogP contribution in [0.25, 0.3) is 0 Å². The summed E-state index contributed by atoms with van der Waals surface area (Å²) in [4.78, 5) is 2.53. The average molecular weight is 243 g/mol. The summed E-state index contributed by atoms with van der Waals surface area (Å²) in [6, 6.07) is 10.7. The van der Waals surface area contributed by atoms with E-state index in [0.717, 1.165) is 25.8 Å². The first kappa shape index (κ1) is 11.8. The molecule has 0 saturated heterocycles. The van der Waals surface area contributed by atoms with E-state index in [4.69, 9.17) is 0 Å². The third kappa shape index (κ3) is 2.44. The van der Waals surface area contributed by atoms with E-state index in [1.807, 2.05) is 0 Å². The first-order valence-corrected chi connectivity index (χ1v) is 7.01. The lowest BCUT2D eigenvalue weighted by molar-refractivity contribution is 0.141. The fourth-order valence-corrected chi connectivity index (χ4v) is 3.21. The van der Waals surface area contributed by atoms with Gasteiger partial charge in [-0.25, -0.2) is 0 Å². The summed E-state index contributed by atoms with van der Waals surface area (Å²) in [7, 11) is 0. The van der Waals surface area contributed by atoms with Gasteiger partial charge in [-0.1, -0.05) is 30.3 Å². The molecule has 3 rings (SSSR count). The van der Waals surface area contributed by atoms with Gasteiger partial charge in [0.1, 0.15) is 0 Å². The maximum Gasteiger partial charge on any atom is 0.0581 e. The molecule has 0 amide bonds. The quantitative estimate of drug-likeness (QED) is 0.863. The smallest absolute Gasteiger partial charge is 0.0581 e. The van der Waals surface area contributed by atoms with Crippen molar-refractivity contribution in [2.75, 3.05) is 6.54 Å². The van der Waals surface area contributed by atoms with Gasteiger partial charge < -0.3 is 10.0 Å². The second-order valence-electron chi connectivity index (χ2n) is 5.46. The highest BCUT2D eigenvalue weighted by molar-refractivity contribution is 5.22. The predicted molar refractivity (Wildman–Crippen MR) is 73.0 cm³/mol. The minimum absolute atomic E-state index is 0.0968. The molecule has 0 spiro atoms. The van der Waals surface area contributed by atoms with E-state index in [1.165, 1.54) is 36.2 Å². The van der Waals surface area contributed by atoms with Gasteiger partial charge in [-0.05, 0) is 43.2 Å². The number of hydrogen-bond acceptors (Lipinski definition) is 2. The third-order valence-electron chi connectivity index (χ3n) is 4.11. The number of benzene rings is 1. The molecule has 2 aliphatic rings. The summed E-state index contributed by atoms with van der Waals surface area (Å²) < 4.78 is 0.